The van der Waals surface area contributed by atoms with E-state index in [2.05, 4.69) is 28.1 Å². The molecule has 2 nitrogen and oxygen atoms in total. The lowest BCUT2D eigenvalue weighted by Gasteiger charge is -2.01. The van der Waals surface area contributed by atoms with Crippen molar-refractivity contribution in [3.05, 3.63) is 45.7 Å². The molecule has 0 fully saturated rings. The van der Waals surface area contributed by atoms with Crippen LogP contribution < -0.4 is 0 Å². The minimum Gasteiger partial charge on any atom is -0.465 e. The maximum Gasteiger partial charge on any atom is 0.348 e. The Labute approximate surface area is 116 Å². The van der Waals surface area contributed by atoms with Gasteiger partial charge in [-0.25, -0.2) is 4.79 Å². The summed E-state index contributed by atoms with van der Waals surface area (Å²) >= 11 is 5.04. The maximum atomic E-state index is 11.6. The molecule has 3 aromatic rings. The normalized spacial score (nSPS) is 11.0. The van der Waals surface area contributed by atoms with Crippen LogP contribution in [0.5, 0.6) is 0 Å². The molecule has 3 rings (SSSR count). The molecule has 2 aromatic carbocycles. The van der Waals surface area contributed by atoms with Crippen LogP contribution in [0, 0.1) is 0 Å². The first-order chi connectivity index (χ1) is 8.70. The predicted octanol–water partition coefficient (Wildman–Crippen LogP) is 4.60. The van der Waals surface area contributed by atoms with Gasteiger partial charge in [0, 0.05) is 14.6 Å². The Morgan fingerprint density at radius 1 is 1.22 bits per heavy atom. The Kier molecular flexibility index (Phi) is 2.84. The van der Waals surface area contributed by atoms with Gasteiger partial charge in [-0.15, -0.1) is 11.3 Å². The number of methoxy groups -OCH3 is 1. The second-order valence-electron chi connectivity index (χ2n) is 3.92. The zero-order valence-corrected chi connectivity index (χ0v) is 12.0. The molecule has 0 amide bonds. The van der Waals surface area contributed by atoms with Gasteiger partial charge < -0.3 is 4.74 Å². The molecular weight excluding hydrogens is 312 g/mol. The second kappa shape index (κ2) is 4.37. The highest BCUT2D eigenvalue weighted by molar-refractivity contribution is 9.10. The molecule has 0 spiro atoms. The Bertz CT molecular complexity index is 761. The van der Waals surface area contributed by atoms with Gasteiger partial charge in [0.1, 0.15) is 4.88 Å². The molecule has 0 aliphatic rings. The van der Waals surface area contributed by atoms with Gasteiger partial charge in [-0.2, -0.15) is 0 Å². The first-order valence-corrected chi connectivity index (χ1v) is 7.01. The lowest BCUT2D eigenvalue weighted by Crippen LogP contribution is -1.96. The van der Waals surface area contributed by atoms with Crippen LogP contribution in [0.1, 0.15) is 9.67 Å². The van der Waals surface area contributed by atoms with E-state index in [1.54, 1.807) is 0 Å². The van der Waals surface area contributed by atoms with E-state index in [1.807, 2.05) is 24.3 Å². The maximum absolute atomic E-state index is 11.6. The molecule has 1 aromatic heterocycles. The lowest BCUT2D eigenvalue weighted by atomic mass is 10.1. The van der Waals surface area contributed by atoms with Gasteiger partial charge in [-0.3, -0.25) is 0 Å². The van der Waals surface area contributed by atoms with E-state index >= 15 is 0 Å². The summed E-state index contributed by atoms with van der Waals surface area (Å²) in [5, 5.41) is 3.38. The number of carbonyl (C=O) groups is 1. The van der Waals surface area contributed by atoms with Crippen molar-refractivity contribution in [2.75, 3.05) is 7.11 Å². The van der Waals surface area contributed by atoms with Crippen molar-refractivity contribution in [3.63, 3.8) is 0 Å². The van der Waals surface area contributed by atoms with E-state index in [-0.39, 0.29) is 5.97 Å². The molecular formula is C14H9BrO2S. The molecule has 1 heterocycles. The molecule has 0 saturated heterocycles. The van der Waals surface area contributed by atoms with Crippen molar-refractivity contribution < 1.29 is 9.53 Å². The molecule has 0 radical (unpaired) electrons. The van der Waals surface area contributed by atoms with Crippen LogP contribution in [0.4, 0.5) is 0 Å². The summed E-state index contributed by atoms with van der Waals surface area (Å²) in [4.78, 5) is 12.2. The Morgan fingerprint density at radius 3 is 2.78 bits per heavy atom. The van der Waals surface area contributed by atoms with Crippen LogP contribution in [0.25, 0.3) is 20.9 Å². The topological polar surface area (TPSA) is 26.3 Å². The number of rotatable bonds is 1. The van der Waals surface area contributed by atoms with Crippen molar-refractivity contribution in [2.24, 2.45) is 0 Å². The third-order valence-electron chi connectivity index (χ3n) is 2.86. The first kappa shape index (κ1) is 11.7. The zero-order chi connectivity index (χ0) is 12.7. The first-order valence-electron chi connectivity index (χ1n) is 5.40. The largest absolute Gasteiger partial charge is 0.465 e. The molecule has 0 aliphatic heterocycles. The van der Waals surface area contributed by atoms with Crippen molar-refractivity contribution in [1.29, 1.82) is 0 Å². The lowest BCUT2D eigenvalue weighted by molar-refractivity contribution is 0.0606. The number of esters is 1. The van der Waals surface area contributed by atoms with E-state index in [1.165, 1.54) is 18.4 Å². The summed E-state index contributed by atoms with van der Waals surface area (Å²) in [6.07, 6.45) is 0. The number of benzene rings is 2. The van der Waals surface area contributed by atoms with Gasteiger partial charge in [0.15, 0.2) is 0 Å². The molecule has 0 bridgehead atoms. The van der Waals surface area contributed by atoms with E-state index in [0.29, 0.717) is 4.88 Å². The molecule has 0 atom stereocenters. The van der Waals surface area contributed by atoms with E-state index < -0.39 is 0 Å². The second-order valence-corrected chi connectivity index (χ2v) is 5.83. The SMILES string of the molecule is COC(=O)c1cc2ccc3cccc(Br)c3c2s1. The minimum absolute atomic E-state index is 0.281. The van der Waals surface area contributed by atoms with E-state index in [9.17, 15) is 4.79 Å². The van der Waals surface area contributed by atoms with Crippen LogP contribution in [-0.2, 0) is 4.74 Å². The average Bonchev–Trinajstić information content (AvgIpc) is 2.81. The third kappa shape index (κ3) is 1.72. The summed E-state index contributed by atoms with van der Waals surface area (Å²) < 4.78 is 6.92. The summed E-state index contributed by atoms with van der Waals surface area (Å²) in [5.41, 5.74) is 0. The quantitative estimate of drug-likeness (QED) is 0.612. The number of fused-ring (bicyclic) bond motifs is 3. The highest BCUT2D eigenvalue weighted by atomic mass is 79.9. The zero-order valence-electron chi connectivity index (χ0n) is 9.57. The fourth-order valence-electron chi connectivity index (χ4n) is 2.02. The predicted molar refractivity (Wildman–Crippen MR) is 78.4 cm³/mol. The summed E-state index contributed by atoms with van der Waals surface area (Å²) in [5.74, 6) is -0.281. The summed E-state index contributed by atoms with van der Waals surface area (Å²) in [7, 11) is 1.40. The summed E-state index contributed by atoms with van der Waals surface area (Å²) in [6, 6.07) is 12.1. The summed E-state index contributed by atoms with van der Waals surface area (Å²) in [6.45, 7) is 0. The monoisotopic (exact) mass is 320 g/mol. The Balaban J connectivity index is 2.40. The van der Waals surface area contributed by atoms with Gasteiger partial charge in [-0.1, -0.05) is 40.2 Å². The fraction of sp³-hybridized carbons (Fsp3) is 0.0714. The Morgan fingerprint density at radius 2 is 2.00 bits per heavy atom. The van der Waals surface area contributed by atoms with Gasteiger partial charge in [0.2, 0.25) is 0 Å². The number of ether oxygens (including phenoxy) is 1. The van der Waals surface area contributed by atoms with Gasteiger partial charge >= 0.3 is 5.97 Å². The highest BCUT2D eigenvalue weighted by Crippen LogP contribution is 2.36. The van der Waals surface area contributed by atoms with Crippen molar-refractivity contribution >= 4 is 54.1 Å². The molecule has 0 saturated carbocycles. The van der Waals surface area contributed by atoms with Crippen molar-refractivity contribution in [1.82, 2.24) is 0 Å². The van der Waals surface area contributed by atoms with E-state index in [4.69, 9.17) is 4.74 Å². The Hall–Kier alpha value is -1.39. The number of thiophene rings is 1. The van der Waals surface area contributed by atoms with Gasteiger partial charge in [0.25, 0.3) is 0 Å². The number of carbonyl (C=O) groups excluding carboxylic acids is 1. The minimum atomic E-state index is -0.281. The number of halogens is 1. The fourth-order valence-corrected chi connectivity index (χ4v) is 3.88. The average molecular weight is 321 g/mol. The van der Waals surface area contributed by atoms with Crippen LogP contribution in [0.3, 0.4) is 0 Å². The third-order valence-corrected chi connectivity index (χ3v) is 4.67. The highest BCUT2D eigenvalue weighted by Gasteiger charge is 2.13. The van der Waals surface area contributed by atoms with Gasteiger partial charge in [-0.05, 0) is 22.9 Å². The molecule has 4 heteroatoms. The molecule has 0 N–H and O–H groups in total. The smallest absolute Gasteiger partial charge is 0.348 e. The van der Waals surface area contributed by atoms with Crippen molar-refractivity contribution in [2.45, 2.75) is 0 Å². The van der Waals surface area contributed by atoms with Crippen molar-refractivity contribution in [3.8, 4) is 0 Å². The number of hydrogen-bond acceptors (Lipinski definition) is 3. The molecule has 18 heavy (non-hydrogen) atoms. The van der Waals surface area contributed by atoms with Crippen LogP contribution >= 0.6 is 27.3 Å². The molecule has 90 valence electrons. The van der Waals surface area contributed by atoms with E-state index in [0.717, 1.165) is 25.3 Å². The standard InChI is InChI=1S/C14H9BrO2S/c1-17-14(16)11-7-9-6-5-8-3-2-4-10(15)12(8)13(9)18-11/h2-7H,1H3. The molecule has 0 unspecified atom stereocenters. The van der Waals surface area contributed by atoms with Crippen LogP contribution in [0.15, 0.2) is 40.9 Å². The van der Waals surface area contributed by atoms with Crippen LogP contribution in [0.2, 0.25) is 0 Å². The van der Waals surface area contributed by atoms with Crippen LogP contribution in [-0.4, -0.2) is 13.1 Å². The number of hydrogen-bond donors (Lipinski definition) is 0. The van der Waals surface area contributed by atoms with Gasteiger partial charge in [0.05, 0.1) is 7.11 Å². The molecule has 0 aliphatic carbocycles.